The summed E-state index contributed by atoms with van der Waals surface area (Å²) in [6.45, 7) is 2.21. The topological polar surface area (TPSA) is 72.4 Å². The van der Waals surface area contributed by atoms with Crippen molar-refractivity contribution in [1.82, 2.24) is 15.0 Å². The minimum atomic E-state index is -0.102. The Morgan fingerprint density at radius 3 is 2.66 bits per heavy atom. The highest BCUT2D eigenvalue weighted by Gasteiger charge is 2.16. The van der Waals surface area contributed by atoms with E-state index in [1.165, 1.54) is 5.56 Å². The lowest BCUT2D eigenvalue weighted by Crippen LogP contribution is -2.25. The third-order valence-corrected chi connectivity index (χ3v) is 4.79. The largest absolute Gasteiger partial charge is 0.441 e. The number of nitrogens with zero attached hydrogens (tertiary/aromatic N) is 3. The fraction of sp³-hybridized carbons (Fsp3) is 0.261. The Morgan fingerprint density at radius 2 is 1.90 bits per heavy atom. The molecule has 6 nitrogen and oxygen atoms in total. The zero-order valence-electron chi connectivity index (χ0n) is 16.6. The van der Waals surface area contributed by atoms with Crippen LogP contribution < -0.4 is 0 Å². The number of aryl methyl sites for hydroxylation is 3. The molecule has 148 valence electrons. The molecule has 1 amide bonds. The molecule has 0 aliphatic rings. The number of oxazole rings is 1. The Kier molecular flexibility index (Phi) is 5.42. The number of rotatable bonds is 7. The second-order valence-corrected chi connectivity index (χ2v) is 7.23. The lowest BCUT2D eigenvalue weighted by molar-refractivity contribution is 0.0772. The van der Waals surface area contributed by atoms with Gasteiger partial charge in [0.25, 0.3) is 5.91 Å². The highest BCUT2D eigenvalue weighted by atomic mass is 16.5. The standard InChI is InChI=1S/C23H23N3O3/c1-16-13-19(29-25-16)15-26(2)23(27)18-11-12-21-20(14-18)24-22(28-21)10-6-9-17-7-4-3-5-8-17/h3-5,7-8,11-14H,6,9-10,15H2,1-2H3. The molecule has 2 heterocycles. The minimum absolute atomic E-state index is 0.102. The quantitative estimate of drug-likeness (QED) is 0.463. The molecule has 0 unspecified atom stereocenters. The van der Waals surface area contributed by atoms with Crippen LogP contribution in [0.25, 0.3) is 11.1 Å². The Labute approximate surface area is 169 Å². The van der Waals surface area contributed by atoms with E-state index >= 15 is 0 Å². The average molecular weight is 389 g/mol. The van der Waals surface area contributed by atoms with Gasteiger partial charge in [0, 0.05) is 25.1 Å². The summed E-state index contributed by atoms with van der Waals surface area (Å²) in [5.74, 6) is 1.25. The molecule has 0 saturated carbocycles. The molecule has 0 atom stereocenters. The molecule has 4 aromatic rings. The number of amides is 1. The monoisotopic (exact) mass is 389 g/mol. The van der Waals surface area contributed by atoms with Gasteiger partial charge < -0.3 is 13.8 Å². The second kappa shape index (κ2) is 8.31. The van der Waals surface area contributed by atoms with E-state index in [1.54, 1.807) is 24.1 Å². The number of hydrogen-bond acceptors (Lipinski definition) is 5. The number of hydrogen-bond donors (Lipinski definition) is 0. The van der Waals surface area contributed by atoms with Crippen molar-refractivity contribution in [3.05, 3.63) is 83.1 Å². The van der Waals surface area contributed by atoms with E-state index in [4.69, 9.17) is 8.94 Å². The molecule has 0 aliphatic heterocycles. The van der Waals surface area contributed by atoms with Gasteiger partial charge in [0.15, 0.2) is 17.2 Å². The molecule has 6 heteroatoms. The van der Waals surface area contributed by atoms with Gasteiger partial charge in [-0.25, -0.2) is 4.98 Å². The van der Waals surface area contributed by atoms with Crippen LogP contribution in [0, 0.1) is 6.92 Å². The van der Waals surface area contributed by atoms with Crippen molar-refractivity contribution in [3.63, 3.8) is 0 Å². The number of carbonyl (C=O) groups excluding carboxylic acids is 1. The first-order chi connectivity index (χ1) is 14.1. The number of carbonyl (C=O) groups is 1. The zero-order valence-corrected chi connectivity index (χ0v) is 16.6. The lowest BCUT2D eigenvalue weighted by atomic mass is 10.1. The number of benzene rings is 2. The van der Waals surface area contributed by atoms with Crippen molar-refractivity contribution in [3.8, 4) is 0 Å². The van der Waals surface area contributed by atoms with E-state index in [-0.39, 0.29) is 5.91 Å². The third-order valence-electron chi connectivity index (χ3n) is 4.79. The molecule has 0 radical (unpaired) electrons. The fourth-order valence-corrected chi connectivity index (χ4v) is 3.32. The van der Waals surface area contributed by atoms with Crippen molar-refractivity contribution < 1.29 is 13.7 Å². The Bertz CT molecular complexity index is 1110. The summed E-state index contributed by atoms with van der Waals surface area (Å²) >= 11 is 0. The lowest BCUT2D eigenvalue weighted by Gasteiger charge is -2.15. The summed E-state index contributed by atoms with van der Waals surface area (Å²) in [5, 5.41) is 3.85. The van der Waals surface area contributed by atoms with Gasteiger partial charge in [-0.2, -0.15) is 0 Å². The first-order valence-corrected chi connectivity index (χ1v) is 9.69. The molecule has 0 fully saturated rings. The highest BCUT2D eigenvalue weighted by molar-refractivity contribution is 5.96. The maximum Gasteiger partial charge on any atom is 0.254 e. The Balaban J connectivity index is 1.41. The number of aromatic nitrogens is 2. The van der Waals surface area contributed by atoms with Gasteiger partial charge in [-0.3, -0.25) is 4.79 Å². The van der Waals surface area contributed by atoms with Crippen molar-refractivity contribution in [2.75, 3.05) is 7.05 Å². The second-order valence-electron chi connectivity index (χ2n) is 7.23. The molecule has 2 aromatic heterocycles. The molecule has 2 aromatic carbocycles. The fourth-order valence-electron chi connectivity index (χ4n) is 3.32. The SMILES string of the molecule is Cc1cc(CN(C)C(=O)c2ccc3oc(CCCc4ccccc4)nc3c2)on1. The molecule has 4 rings (SSSR count). The van der Waals surface area contributed by atoms with Crippen LogP contribution >= 0.6 is 0 Å². The van der Waals surface area contributed by atoms with Crippen LogP contribution in [0.3, 0.4) is 0 Å². The van der Waals surface area contributed by atoms with E-state index < -0.39 is 0 Å². The van der Waals surface area contributed by atoms with E-state index in [1.807, 2.05) is 37.3 Å². The molecule has 0 spiro atoms. The predicted octanol–water partition coefficient (Wildman–Crippen LogP) is 4.57. The normalized spacial score (nSPS) is 11.1. The van der Waals surface area contributed by atoms with E-state index in [2.05, 4.69) is 22.3 Å². The third kappa shape index (κ3) is 4.54. The van der Waals surface area contributed by atoms with Gasteiger partial charge in [0.2, 0.25) is 0 Å². The zero-order chi connectivity index (χ0) is 20.2. The summed E-state index contributed by atoms with van der Waals surface area (Å²) in [6, 6.07) is 17.6. The van der Waals surface area contributed by atoms with Crippen LogP contribution in [-0.4, -0.2) is 28.0 Å². The summed E-state index contributed by atoms with van der Waals surface area (Å²) in [7, 11) is 1.74. The summed E-state index contributed by atoms with van der Waals surface area (Å²) in [6.07, 6.45) is 2.70. The van der Waals surface area contributed by atoms with Crippen LogP contribution in [-0.2, 0) is 19.4 Å². The highest BCUT2D eigenvalue weighted by Crippen LogP contribution is 2.20. The maximum atomic E-state index is 12.7. The van der Waals surface area contributed by atoms with Crippen molar-refractivity contribution >= 4 is 17.0 Å². The molecule has 29 heavy (non-hydrogen) atoms. The molecule has 0 N–H and O–H groups in total. The van der Waals surface area contributed by atoms with Gasteiger partial charge in [0.05, 0.1) is 12.2 Å². The smallest absolute Gasteiger partial charge is 0.254 e. The molecule has 0 saturated heterocycles. The van der Waals surface area contributed by atoms with Crippen molar-refractivity contribution in [1.29, 1.82) is 0 Å². The minimum Gasteiger partial charge on any atom is -0.441 e. The van der Waals surface area contributed by atoms with Gasteiger partial charge in [0.1, 0.15) is 5.52 Å². The van der Waals surface area contributed by atoms with Crippen molar-refractivity contribution in [2.45, 2.75) is 32.7 Å². The van der Waals surface area contributed by atoms with E-state index in [0.717, 1.165) is 25.0 Å². The van der Waals surface area contributed by atoms with Crippen LogP contribution in [0.4, 0.5) is 0 Å². The van der Waals surface area contributed by atoms with E-state index in [9.17, 15) is 4.79 Å². The predicted molar refractivity (Wildman–Crippen MR) is 110 cm³/mol. The maximum absolute atomic E-state index is 12.7. The molecule has 0 bridgehead atoms. The molecule has 0 aliphatic carbocycles. The molecular weight excluding hydrogens is 366 g/mol. The molecular formula is C23H23N3O3. The van der Waals surface area contributed by atoms with Crippen LogP contribution in [0.15, 0.2) is 63.5 Å². The van der Waals surface area contributed by atoms with Crippen LogP contribution in [0.2, 0.25) is 0 Å². The first-order valence-electron chi connectivity index (χ1n) is 9.69. The van der Waals surface area contributed by atoms with Crippen molar-refractivity contribution in [2.24, 2.45) is 0 Å². The van der Waals surface area contributed by atoms with Gasteiger partial charge in [-0.15, -0.1) is 0 Å². The van der Waals surface area contributed by atoms with Gasteiger partial charge in [-0.1, -0.05) is 35.5 Å². The average Bonchev–Trinajstić information content (AvgIpc) is 3.32. The number of fused-ring (bicyclic) bond motifs is 1. The summed E-state index contributed by atoms with van der Waals surface area (Å²) in [4.78, 5) is 18.9. The summed E-state index contributed by atoms with van der Waals surface area (Å²) < 4.78 is 11.0. The first kappa shape index (κ1) is 18.9. The van der Waals surface area contributed by atoms with Crippen LogP contribution in [0.1, 0.15) is 39.7 Å². The van der Waals surface area contributed by atoms with Crippen LogP contribution in [0.5, 0.6) is 0 Å². The van der Waals surface area contributed by atoms with Gasteiger partial charge in [-0.05, 0) is 43.5 Å². The Morgan fingerprint density at radius 1 is 1.07 bits per heavy atom. The van der Waals surface area contributed by atoms with Gasteiger partial charge >= 0.3 is 0 Å². The Hall–Kier alpha value is -3.41. The van der Waals surface area contributed by atoms with E-state index in [0.29, 0.717) is 34.9 Å². The summed E-state index contributed by atoms with van der Waals surface area (Å²) in [5.41, 5.74) is 4.07.